The molecule has 0 aliphatic heterocycles. The SMILES string of the molecule is C#CC1(OC(=O)COc2ccc([S+](c3ccccc3)c3ccccc3)cc2F)C=CCCC1. The lowest BCUT2D eigenvalue weighted by Gasteiger charge is -2.27. The van der Waals surface area contributed by atoms with Gasteiger partial charge in [-0.05, 0) is 55.3 Å². The van der Waals surface area contributed by atoms with Crippen LogP contribution in [0.25, 0.3) is 0 Å². The molecule has 0 saturated carbocycles. The second-order valence-electron chi connectivity index (χ2n) is 7.62. The zero-order valence-corrected chi connectivity index (χ0v) is 18.9. The number of carbonyl (C=O) groups is 1. The molecule has 5 heteroatoms. The van der Waals surface area contributed by atoms with Crippen molar-refractivity contribution in [2.24, 2.45) is 0 Å². The Morgan fingerprint density at radius 1 is 1.00 bits per heavy atom. The van der Waals surface area contributed by atoms with E-state index >= 15 is 0 Å². The second-order valence-corrected chi connectivity index (χ2v) is 9.64. The van der Waals surface area contributed by atoms with Crippen molar-refractivity contribution >= 4 is 16.9 Å². The van der Waals surface area contributed by atoms with Crippen molar-refractivity contribution in [2.75, 3.05) is 6.61 Å². The smallest absolute Gasteiger partial charge is 0.345 e. The quantitative estimate of drug-likeness (QED) is 0.189. The summed E-state index contributed by atoms with van der Waals surface area (Å²) in [7, 11) is -0.475. The number of hydrogen-bond donors (Lipinski definition) is 0. The number of rotatable bonds is 7. The van der Waals surface area contributed by atoms with E-state index in [2.05, 4.69) is 5.92 Å². The van der Waals surface area contributed by atoms with E-state index in [1.807, 2.05) is 72.8 Å². The van der Waals surface area contributed by atoms with Crippen LogP contribution in [0.2, 0.25) is 0 Å². The molecule has 1 aliphatic rings. The lowest BCUT2D eigenvalue weighted by molar-refractivity contribution is -0.154. The van der Waals surface area contributed by atoms with Crippen LogP contribution in [0.3, 0.4) is 0 Å². The van der Waals surface area contributed by atoms with Crippen molar-refractivity contribution in [3.05, 3.63) is 96.8 Å². The Kier molecular flexibility index (Phi) is 7.16. The lowest BCUT2D eigenvalue weighted by atomic mass is 9.92. The third-order valence-corrected chi connectivity index (χ3v) is 7.50. The Hall–Kier alpha value is -3.49. The minimum atomic E-state index is -1.04. The molecule has 0 radical (unpaired) electrons. The summed E-state index contributed by atoms with van der Waals surface area (Å²) in [4.78, 5) is 15.3. The van der Waals surface area contributed by atoms with Gasteiger partial charge in [0.15, 0.2) is 38.5 Å². The zero-order valence-electron chi connectivity index (χ0n) is 18.1. The van der Waals surface area contributed by atoms with E-state index < -0.39 is 34.9 Å². The van der Waals surface area contributed by atoms with Gasteiger partial charge in [0.25, 0.3) is 0 Å². The predicted octanol–water partition coefficient (Wildman–Crippen LogP) is 5.96. The van der Waals surface area contributed by atoms with E-state index in [9.17, 15) is 9.18 Å². The molecule has 1 aliphatic carbocycles. The fourth-order valence-corrected chi connectivity index (χ4v) is 5.79. The maximum atomic E-state index is 15.0. The standard InChI is InChI=1S/C28H24FO3S/c1-2-28(18-10-5-11-19-28)32-27(30)21-31-26-17-16-24(20-25(26)29)33(22-12-6-3-7-13-22)23-14-8-4-9-15-23/h1,3-4,6-10,12-18,20H,5,11,19,21H2/q+1. The van der Waals surface area contributed by atoms with Gasteiger partial charge in [0.05, 0.1) is 10.9 Å². The molecule has 0 bridgehead atoms. The van der Waals surface area contributed by atoms with Crippen LogP contribution in [0.4, 0.5) is 4.39 Å². The lowest BCUT2D eigenvalue weighted by Crippen LogP contribution is -2.34. The molecular formula is C28H24FO3S+. The average Bonchev–Trinajstić information content (AvgIpc) is 2.85. The van der Waals surface area contributed by atoms with Crippen LogP contribution in [0.15, 0.2) is 106 Å². The van der Waals surface area contributed by atoms with Crippen molar-refractivity contribution in [2.45, 2.75) is 39.5 Å². The minimum absolute atomic E-state index is 0.00526. The summed E-state index contributed by atoms with van der Waals surface area (Å²) in [5.74, 6) is 1.38. The molecule has 0 amide bonds. The van der Waals surface area contributed by atoms with E-state index in [-0.39, 0.29) is 5.75 Å². The van der Waals surface area contributed by atoms with Crippen LogP contribution in [0.5, 0.6) is 5.75 Å². The maximum Gasteiger partial charge on any atom is 0.345 e. The Labute approximate surface area is 196 Å². The molecule has 0 heterocycles. The van der Waals surface area contributed by atoms with Crippen LogP contribution in [0.1, 0.15) is 19.3 Å². The highest BCUT2D eigenvalue weighted by Gasteiger charge is 2.32. The van der Waals surface area contributed by atoms with Gasteiger partial charge in [-0.3, -0.25) is 0 Å². The summed E-state index contributed by atoms with van der Waals surface area (Å²) in [5, 5.41) is 0. The van der Waals surface area contributed by atoms with Crippen LogP contribution in [-0.2, 0) is 20.4 Å². The first-order valence-electron chi connectivity index (χ1n) is 10.7. The first-order valence-corrected chi connectivity index (χ1v) is 12.0. The number of carbonyl (C=O) groups excluding carboxylic acids is 1. The molecule has 166 valence electrons. The first-order chi connectivity index (χ1) is 16.1. The number of terminal acetylenes is 1. The number of esters is 1. The molecule has 0 spiro atoms. The molecule has 4 rings (SSSR count). The van der Waals surface area contributed by atoms with Crippen molar-refractivity contribution in [3.63, 3.8) is 0 Å². The van der Waals surface area contributed by atoms with Gasteiger partial charge in [-0.15, -0.1) is 6.42 Å². The number of ether oxygens (including phenoxy) is 2. The summed E-state index contributed by atoms with van der Waals surface area (Å²) in [6.45, 7) is -0.420. The fraction of sp³-hybridized carbons (Fsp3) is 0.179. The van der Waals surface area contributed by atoms with Gasteiger partial charge in [-0.25, -0.2) is 9.18 Å². The highest BCUT2D eigenvalue weighted by Crippen LogP contribution is 2.33. The van der Waals surface area contributed by atoms with Gasteiger partial charge in [0.1, 0.15) is 0 Å². The summed E-state index contributed by atoms with van der Waals surface area (Å²) in [5.41, 5.74) is -1.04. The third kappa shape index (κ3) is 5.47. The molecule has 3 nitrogen and oxygen atoms in total. The Morgan fingerprint density at radius 2 is 1.67 bits per heavy atom. The van der Waals surface area contributed by atoms with Crippen molar-refractivity contribution < 1.29 is 18.7 Å². The van der Waals surface area contributed by atoms with Crippen molar-refractivity contribution in [3.8, 4) is 18.1 Å². The summed E-state index contributed by atoms with van der Waals surface area (Å²) >= 11 is 0. The van der Waals surface area contributed by atoms with Gasteiger partial charge in [0.2, 0.25) is 0 Å². The van der Waals surface area contributed by atoms with Crippen LogP contribution in [0, 0.1) is 18.2 Å². The second kappa shape index (κ2) is 10.4. The van der Waals surface area contributed by atoms with Gasteiger partial charge in [-0.1, -0.05) is 48.4 Å². The first kappa shape index (κ1) is 22.7. The summed E-state index contributed by atoms with van der Waals surface area (Å²) in [6, 6.07) is 24.8. The number of allylic oxidation sites excluding steroid dienone is 1. The van der Waals surface area contributed by atoms with Crippen LogP contribution >= 0.6 is 0 Å². The molecule has 1 atom stereocenters. The fourth-order valence-electron chi connectivity index (χ4n) is 3.69. The molecule has 3 aromatic rings. The number of benzene rings is 3. The van der Waals surface area contributed by atoms with Gasteiger partial charge >= 0.3 is 5.97 Å². The van der Waals surface area contributed by atoms with E-state index in [0.717, 1.165) is 27.5 Å². The zero-order chi connectivity index (χ0) is 23.1. The van der Waals surface area contributed by atoms with Gasteiger partial charge < -0.3 is 9.47 Å². The highest BCUT2D eigenvalue weighted by molar-refractivity contribution is 7.97. The molecule has 0 N–H and O–H groups in total. The summed E-state index contributed by atoms with van der Waals surface area (Å²) < 4.78 is 25.9. The Balaban J connectivity index is 1.50. The highest BCUT2D eigenvalue weighted by atomic mass is 32.2. The topological polar surface area (TPSA) is 35.5 Å². The van der Waals surface area contributed by atoms with Crippen LogP contribution in [-0.4, -0.2) is 18.2 Å². The number of halogens is 1. The Morgan fingerprint density at radius 3 is 2.21 bits per heavy atom. The van der Waals surface area contributed by atoms with Gasteiger partial charge in [0, 0.05) is 12.5 Å². The van der Waals surface area contributed by atoms with E-state index in [1.165, 1.54) is 6.07 Å². The maximum absolute atomic E-state index is 15.0. The molecule has 33 heavy (non-hydrogen) atoms. The Bertz CT molecular complexity index is 1130. The number of hydrogen-bond acceptors (Lipinski definition) is 3. The largest absolute Gasteiger partial charge is 0.479 e. The van der Waals surface area contributed by atoms with Crippen molar-refractivity contribution in [1.29, 1.82) is 0 Å². The molecule has 3 aromatic carbocycles. The molecule has 0 aromatic heterocycles. The predicted molar refractivity (Wildman–Crippen MR) is 128 cm³/mol. The van der Waals surface area contributed by atoms with E-state index in [4.69, 9.17) is 15.9 Å². The summed E-state index contributed by atoms with van der Waals surface area (Å²) in [6.07, 6.45) is 11.5. The average molecular weight is 460 g/mol. The monoisotopic (exact) mass is 459 g/mol. The van der Waals surface area contributed by atoms with Gasteiger partial charge in [-0.2, -0.15) is 0 Å². The van der Waals surface area contributed by atoms with E-state index in [0.29, 0.717) is 6.42 Å². The third-order valence-electron chi connectivity index (χ3n) is 5.29. The molecule has 0 fully saturated rings. The molecule has 1 unspecified atom stereocenters. The van der Waals surface area contributed by atoms with Crippen LogP contribution < -0.4 is 4.74 Å². The van der Waals surface area contributed by atoms with E-state index in [1.54, 1.807) is 12.1 Å². The molecule has 0 saturated heterocycles. The normalized spacial score (nSPS) is 17.4. The molecular weight excluding hydrogens is 435 g/mol. The van der Waals surface area contributed by atoms with Crippen molar-refractivity contribution in [1.82, 2.24) is 0 Å². The minimum Gasteiger partial charge on any atom is -0.479 e.